The van der Waals surface area contributed by atoms with Gasteiger partial charge in [-0.05, 0) is 50.0 Å². The van der Waals surface area contributed by atoms with E-state index in [4.69, 9.17) is 19.4 Å². The Morgan fingerprint density at radius 1 is 1.29 bits per heavy atom. The van der Waals surface area contributed by atoms with Crippen molar-refractivity contribution >= 4 is 28.6 Å². The van der Waals surface area contributed by atoms with Crippen LogP contribution in [0.25, 0.3) is 22.3 Å². The van der Waals surface area contributed by atoms with Gasteiger partial charge in [0.2, 0.25) is 11.9 Å². The highest BCUT2D eigenvalue weighted by Crippen LogP contribution is 2.36. The summed E-state index contributed by atoms with van der Waals surface area (Å²) in [5.74, 6) is 0.900. The number of nitrogens with zero attached hydrogens (tertiary/aromatic N) is 4. The molecule has 1 saturated carbocycles. The van der Waals surface area contributed by atoms with Crippen LogP contribution >= 0.6 is 0 Å². The van der Waals surface area contributed by atoms with E-state index in [9.17, 15) is 4.79 Å². The van der Waals surface area contributed by atoms with Crippen LogP contribution in [0.1, 0.15) is 25.7 Å². The SMILES string of the molecule is C=CC(=O)Nc1ccc(OC)c(-c2nc(N[C@H]3CCCC(N4CCOCC4)C3)nc3[nH]ncc23)c1. The highest BCUT2D eigenvalue weighted by Gasteiger charge is 2.28. The largest absolute Gasteiger partial charge is 0.496 e. The van der Waals surface area contributed by atoms with E-state index in [2.05, 4.69) is 32.3 Å². The van der Waals surface area contributed by atoms with E-state index in [-0.39, 0.29) is 11.9 Å². The summed E-state index contributed by atoms with van der Waals surface area (Å²) in [6.45, 7) is 7.14. The lowest BCUT2D eigenvalue weighted by Crippen LogP contribution is -2.47. The molecule has 1 saturated heterocycles. The van der Waals surface area contributed by atoms with Gasteiger partial charge in [-0.15, -0.1) is 0 Å². The number of methoxy groups -OCH3 is 1. The second-order valence-electron chi connectivity index (χ2n) is 8.95. The molecule has 0 bridgehead atoms. The number of aromatic amines is 1. The van der Waals surface area contributed by atoms with E-state index >= 15 is 0 Å². The maximum atomic E-state index is 11.8. The third kappa shape index (κ3) is 5.13. The number of rotatable bonds is 7. The molecule has 10 heteroatoms. The quantitative estimate of drug-likeness (QED) is 0.444. The van der Waals surface area contributed by atoms with E-state index in [1.165, 1.54) is 12.5 Å². The maximum Gasteiger partial charge on any atom is 0.247 e. The van der Waals surface area contributed by atoms with Gasteiger partial charge < -0.3 is 20.1 Å². The summed E-state index contributed by atoms with van der Waals surface area (Å²) in [6.07, 6.45) is 7.44. The summed E-state index contributed by atoms with van der Waals surface area (Å²) < 4.78 is 11.2. The average molecular weight is 478 g/mol. The zero-order chi connectivity index (χ0) is 24.2. The van der Waals surface area contributed by atoms with Crippen molar-refractivity contribution in [3.05, 3.63) is 37.1 Å². The molecule has 2 aliphatic rings. The topological polar surface area (TPSA) is 117 Å². The first-order valence-electron chi connectivity index (χ1n) is 12.1. The van der Waals surface area contributed by atoms with E-state index in [0.717, 1.165) is 56.5 Å². The maximum absolute atomic E-state index is 11.8. The zero-order valence-corrected chi connectivity index (χ0v) is 19.9. The molecule has 0 radical (unpaired) electrons. The van der Waals surface area contributed by atoms with Crippen LogP contribution < -0.4 is 15.4 Å². The Kier molecular flexibility index (Phi) is 6.91. The molecule has 5 rings (SSSR count). The summed E-state index contributed by atoms with van der Waals surface area (Å²) >= 11 is 0. The van der Waals surface area contributed by atoms with Gasteiger partial charge in [-0.3, -0.25) is 14.8 Å². The fourth-order valence-electron chi connectivity index (χ4n) is 5.02. The number of morpholine rings is 1. The molecule has 1 aliphatic carbocycles. The molecule has 1 unspecified atom stereocenters. The number of carbonyl (C=O) groups is 1. The van der Waals surface area contributed by atoms with Crippen LogP contribution in [0.3, 0.4) is 0 Å². The van der Waals surface area contributed by atoms with Crippen LogP contribution in [-0.4, -0.2) is 76.5 Å². The van der Waals surface area contributed by atoms with Crippen molar-refractivity contribution in [2.24, 2.45) is 0 Å². The van der Waals surface area contributed by atoms with Gasteiger partial charge in [0, 0.05) is 36.4 Å². The van der Waals surface area contributed by atoms with Crippen molar-refractivity contribution in [3.63, 3.8) is 0 Å². The number of nitrogens with one attached hydrogen (secondary N) is 3. The third-order valence-corrected chi connectivity index (χ3v) is 6.76. The number of H-pyrrole nitrogens is 1. The normalized spacial score (nSPS) is 20.9. The fraction of sp³-hybridized carbons (Fsp3) is 0.440. The first-order chi connectivity index (χ1) is 17.1. The number of anilines is 2. The number of hydrogen-bond donors (Lipinski definition) is 3. The first kappa shape index (κ1) is 23.3. The van der Waals surface area contributed by atoms with Gasteiger partial charge in [0.15, 0.2) is 5.65 Å². The van der Waals surface area contributed by atoms with Crippen LogP contribution in [0.15, 0.2) is 37.1 Å². The number of amides is 1. The minimum atomic E-state index is -0.285. The molecule has 3 heterocycles. The molecule has 1 aliphatic heterocycles. The van der Waals surface area contributed by atoms with E-state index in [1.807, 2.05) is 12.1 Å². The summed E-state index contributed by atoms with van der Waals surface area (Å²) in [6, 6.07) is 6.26. The smallest absolute Gasteiger partial charge is 0.247 e. The van der Waals surface area contributed by atoms with Crippen LogP contribution in [0.2, 0.25) is 0 Å². The molecule has 1 aromatic carbocycles. The van der Waals surface area contributed by atoms with Crippen molar-refractivity contribution in [2.45, 2.75) is 37.8 Å². The monoisotopic (exact) mass is 477 g/mol. The van der Waals surface area contributed by atoms with Crippen molar-refractivity contribution in [1.29, 1.82) is 0 Å². The predicted octanol–water partition coefficient (Wildman–Crippen LogP) is 3.21. The standard InChI is InChI=1S/C25H31N7O3/c1-3-22(33)27-17-7-8-21(34-2)19(14-17)23-20-15-26-31-24(20)30-25(29-23)28-16-5-4-6-18(13-16)32-9-11-35-12-10-32/h3,7-8,14-16,18H,1,4-6,9-13H2,2H3,(H,27,33)(H2,26,28,29,30,31)/t16-,18?/m0/s1. The fourth-order valence-corrected chi connectivity index (χ4v) is 5.02. The molecule has 3 N–H and O–H groups in total. The highest BCUT2D eigenvalue weighted by molar-refractivity contribution is 6.00. The summed E-state index contributed by atoms with van der Waals surface area (Å²) in [4.78, 5) is 24.0. The Morgan fingerprint density at radius 3 is 2.94 bits per heavy atom. The van der Waals surface area contributed by atoms with Crippen LogP contribution in [-0.2, 0) is 9.53 Å². The van der Waals surface area contributed by atoms with Gasteiger partial charge in [-0.2, -0.15) is 10.1 Å². The molecule has 0 spiro atoms. The van der Waals surface area contributed by atoms with E-state index in [0.29, 0.717) is 34.8 Å². The number of fused-ring (bicyclic) bond motifs is 1. The van der Waals surface area contributed by atoms with Gasteiger partial charge in [-0.25, -0.2) is 4.98 Å². The van der Waals surface area contributed by atoms with Gasteiger partial charge in [0.05, 0.1) is 37.6 Å². The number of benzene rings is 1. The van der Waals surface area contributed by atoms with Crippen LogP contribution in [0.4, 0.5) is 11.6 Å². The Bertz CT molecular complexity index is 1200. The van der Waals surface area contributed by atoms with Crippen molar-refractivity contribution < 1.29 is 14.3 Å². The molecule has 184 valence electrons. The molecule has 1 amide bonds. The Labute approximate surface area is 204 Å². The summed E-state index contributed by atoms with van der Waals surface area (Å²) in [7, 11) is 1.61. The molecular weight excluding hydrogens is 446 g/mol. The lowest BCUT2D eigenvalue weighted by Gasteiger charge is -2.39. The van der Waals surface area contributed by atoms with Crippen molar-refractivity contribution in [1.82, 2.24) is 25.1 Å². The van der Waals surface area contributed by atoms with E-state index in [1.54, 1.807) is 19.4 Å². The van der Waals surface area contributed by atoms with Crippen molar-refractivity contribution in [3.8, 4) is 17.0 Å². The molecule has 35 heavy (non-hydrogen) atoms. The van der Waals surface area contributed by atoms with Crippen LogP contribution in [0, 0.1) is 0 Å². The third-order valence-electron chi connectivity index (χ3n) is 6.76. The van der Waals surface area contributed by atoms with Gasteiger partial charge in [0.1, 0.15) is 5.75 Å². The second kappa shape index (κ2) is 10.4. The number of ether oxygens (including phenoxy) is 2. The molecule has 2 atom stereocenters. The first-order valence-corrected chi connectivity index (χ1v) is 12.1. The van der Waals surface area contributed by atoms with Crippen molar-refractivity contribution in [2.75, 3.05) is 44.0 Å². The molecule has 3 aromatic rings. The minimum absolute atomic E-state index is 0.282. The Hall–Kier alpha value is -3.50. The average Bonchev–Trinajstić information content (AvgIpc) is 3.37. The highest BCUT2D eigenvalue weighted by atomic mass is 16.5. The van der Waals surface area contributed by atoms with Gasteiger partial charge >= 0.3 is 0 Å². The predicted molar refractivity (Wildman–Crippen MR) is 135 cm³/mol. The minimum Gasteiger partial charge on any atom is -0.496 e. The summed E-state index contributed by atoms with van der Waals surface area (Å²) in [5.41, 5.74) is 2.68. The van der Waals surface area contributed by atoms with E-state index < -0.39 is 0 Å². The van der Waals surface area contributed by atoms with Gasteiger partial charge in [0.25, 0.3) is 0 Å². The number of hydrogen-bond acceptors (Lipinski definition) is 8. The Morgan fingerprint density at radius 2 is 2.14 bits per heavy atom. The Balaban J connectivity index is 1.44. The molecule has 10 nitrogen and oxygen atoms in total. The lowest BCUT2D eigenvalue weighted by atomic mass is 9.90. The zero-order valence-electron chi connectivity index (χ0n) is 19.9. The molecule has 2 aromatic heterocycles. The molecule has 2 fully saturated rings. The van der Waals surface area contributed by atoms with Gasteiger partial charge in [-0.1, -0.05) is 6.58 Å². The summed E-state index contributed by atoms with van der Waals surface area (Å²) in [5, 5.41) is 14.3. The lowest BCUT2D eigenvalue weighted by molar-refractivity contribution is -0.111. The number of aromatic nitrogens is 4. The number of carbonyl (C=O) groups excluding carboxylic acids is 1. The molecular formula is C25H31N7O3. The van der Waals surface area contributed by atoms with Crippen LogP contribution in [0.5, 0.6) is 5.75 Å². The second-order valence-corrected chi connectivity index (χ2v) is 8.95.